The molecule has 0 spiro atoms. The zero-order valence-electron chi connectivity index (χ0n) is 22.1. The molecule has 0 saturated carbocycles. The van der Waals surface area contributed by atoms with E-state index in [2.05, 4.69) is 49.1 Å². The number of fused-ring (bicyclic) bond motifs is 1. The normalized spacial score (nSPS) is 14.0. The van der Waals surface area contributed by atoms with Crippen LogP contribution in [0.5, 0.6) is 0 Å². The minimum Gasteiger partial charge on any atom is -0.355 e. The SMILES string of the molecule is Cl.[C-]#[N+]c1ccc(C)c(N(CC(=O)NCCCC(C)C)CC(=O)N(C)C2Cc3cccc(C)c3C2)c1. The van der Waals surface area contributed by atoms with Gasteiger partial charge < -0.3 is 15.1 Å². The standard InChI is InChI=1S/C29H38N4O2.ClH/c1-20(2)9-8-14-31-28(34)18-33(27-16-24(30-5)13-12-22(27)4)19-29(35)32(6)25-15-23-11-7-10-21(3)26(23)17-25;/h7,10-13,16,20,25H,8-9,14-15,17-19H2,1-4,6H3,(H,31,34);1H. The van der Waals surface area contributed by atoms with Crippen molar-refractivity contribution >= 4 is 35.6 Å². The lowest BCUT2D eigenvalue weighted by atomic mass is 10.1. The highest BCUT2D eigenvalue weighted by molar-refractivity contribution is 5.87. The number of halogens is 1. The van der Waals surface area contributed by atoms with E-state index in [0.29, 0.717) is 18.2 Å². The van der Waals surface area contributed by atoms with Gasteiger partial charge >= 0.3 is 0 Å². The van der Waals surface area contributed by atoms with Crippen molar-refractivity contribution in [3.8, 4) is 0 Å². The molecule has 1 aliphatic rings. The van der Waals surface area contributed by atoms with Gasteiger partial charge in [-0.05, 0) is 73.8 Å². The van der Waals surface area contributed by atoms with Crippen molar-refractivity contribution in [1.82, 2.24) is 10.2 Å². The van der Waals surface area contributed by atoms with Crippen molar-refractivity contribution in [2.75, 3.05) is 31.6 Å². The Labute approximate surface area is 222 Å². The van der Waals surface area contributed by atoms with Crippen molar-refractivity contribution in [3.05, 3.63) is 70.1 Å². The number of carbonyl (C=O) groups excluding carboxylic acids is 2. The highest BCUT2D eigenvalue weighted by Gasteiger charge is 2.29. The fourth-order valence-corrected chi connectivity index (χ4v) is 4.76. The van der Waals surface area contributed by atoms with Gasteiger partial charge in [-0.25, -0.2) is 4.85 Å². The third-order valence-corrected chi connectivity index (χ3v) is 6.95. The molecule has 7 heteroatoms. The first kappa shape index (κ1) is 29.2. The maximum absolute atomic E-state index is 13.4. The number of rotatable bonds is 10. The summed E-state index contributed by atoms with van der Waals surface area (Å²) in [6, 6.07) is 11.9. The molecule has 194 valence electrons. The van der Waals surface area contributed by atoms with Gasteiger partial charge in [-0.3, -0.25) is 9.59 Å². The van der Waals surface area contributed by atoms with E-state index in [4.69, 9.17) is 6.57 Å². The van der Waals surface area contributed by atoms with Gasteiger partial charge in [0.05, 0.1) is 19.7 Å². The van der Waals surface area contributed by atoms with Gasteiger partial charge in [0.1, 0.15) is 0 Å². The molecule has 1 unspecified atom stereocenters. The molecule has 0 bridgehead atoms. The van der Waals surface area contributed by atoms with E-state index in [0.717, 1.165) is 36.9 Å². The van der Waals surface area contributed by atoms with E-state index in [-0.39, 0.29) is 43.4 Å². The molecule has 6 nitrogen and oxygen atoms in total. The van der Waals surface area contributed by atoms with Crippen LogP contribution in [0.1, 0.15) is 48.9 Å². The maximum atomic E-state index is 13.4. The molecule has 2 amide bonds. The summed E-state index contributed by atoms with van der Waals surface area (Å²) in [4.78, 5) is 33.4. The van der Waals surface area contributed by atoms with Crippen LogP contribution >= 0.6 is 12.4 Å². The van der Waals surface area contributed by atoms with Gasteiger partial charge in [-0.2, -0.15) is 0 Å². The maximum Gasteiger partial charge on any atom is 0.242 e. The quantitative estimate of drug-likeness (QED) is 0.350. The lowest BCUT2D eigenvalue weighted by Crippen LogP contribution is -2.47. The molecule has 0 radical (unpaired) electrons. The molecule has 36 heavy (non-hydrogen) atoms. The molecule has 1 aliphatic carbocycles. The van der Waals surface area contributed by atoms with Crippen LogP contribution in [0.3, 0.4) is 0 Å². The molecule has 2 aromatic rings. The fourth-order valence-electron chi connectivity index (χ4n) is 4.76. The number of nitrogens with one attached hydrogen (secondary N) is 1. The number of hydrogen-bond acceptors (Lipinski definition) is 3. The predicted octanol–water partition coefficient (Wildman–Crippen LogP) is 5.26. The summed E-state index contributed by atoms with van der Waals surface area (Å²) >= 11 is 0. The number of aryl methyl sites for hydroxylation is 2. The first-order valence-electron chi connectivity index (χ1n) is 12.5. The third kappa shape index (κ3) is 7.48. The summed E-state index contributed by atoms with van der Waals surface area (Å²) in [5.41, 5.74) is 6.11. The van der Waals surface area contributed by atoms with E-state index < -0.39 is 0 Å². The largest absolute Gasteiger partial charge is 0.355 e. The van der Waals surface area contributed by atoms with Gasteiger partial charge in [-0.1, -0.05) is 44.2 Å². The van der Waals surface area contributed by atoms with Gasteiger partial charge in [0, 0.05) is 25.3 Å². The Kier molecular flexibility index (Phi) is 10.8. The monoisotopic (exact) mass is 510 g/mol. The minimum atomic E-state index is -0.110. The van der Waals surface area contributed by atoms with Crippen LogP contribution in [0.15, 0.2) is 36.4 Å². The van der Waals surface area contributed by atoms with Crippen molar-refractivity contribution in [2.45, 2.75) is 59.4 Å². The molecular formula is C29H39ClN4O2. The highest BCUT2D eigenvalue weighted by Crippen LogP contribution is 2.29. The smallest absolute Gasteiger partial charge is 0.242 e. The number of amides is 2. The zero-order chi connectivity index (χ0) is 25.5. The van der Waals surface area contributed by atoms with Crippen LogP contribution in [0.4, 0.5) is 11.4 Å². The summed E-state index contributed by atoms with van der Waals surface area (Å²) in [7, 11) is 1.86. The van der Waals surface area contributed by atoms with E-state index >= 15 is 0 Å². The molecular weight excluding hydrogens is 472 g/mol. The number of hydrogen-bond donors (Lipinski definition) is 1. The number of nitrogens with zero attached hydrogens (tertiary/aromatic N) is 3. The van der Waals surface area contributed by atoms with Crippen molar-refractivity contribution in [2.24, 2.45) is 5.92 Å². The van der Waals surface area contributed by atoms with E-state index in [1.807, 2.05) is 29.8 Å². The van der Waals surface area contributed by atoms with Crippen LogP contribution in [0.2, 0.25) is 0 Å². The number of benzene rings is 2. The number of anilines is 1. The highest BCUT2D eigenvalue weighted by atomic mass is 35.5. The second-order valence-corrected chi connectivity index (χ2v) is 10.1. The Balaban J connectivity index is 0.00000456. The Hall–Kier alpha value is -3.04. The van der Waals surface area contributed by atoms with Gasteiger partial charge in [0.25, 0.3) is 0 Å². The van der Waals surface area contributed by atoms with Gasteiger partial charge in [-0.15, -0.1) is 12.4 Å². The van der Waals surface area contributed by atoms with E-state index in [1.54, 1.807) is 12.1 Å². The second kappa shape index (κ2) is 13.3. The van der Waals surface area contributed by atoms with Gasteiger partial charge in [0.15, 0.2) is 5.69 Å². The number of carbonyl (C=O) groups is 2. The molecule has 1 atom stereocenters. The first-order valence-corrected chi connectivity index (χ1v) is 12.5. The Morgan fingerprint density at radius 3 is 2.53 bits per heavy atom. The topological polar surface area (TPSA) is 57.0 Å². The Morgan fingerprint density at radius 1 is 1.11 bits per heavy atom. The predicted molar refractivity (Wildman–Crippen MR) is 149 cm³/mol. The summed E-state index contributed by atoms with van der Waals surface area (Å²) in [5.74, 6) is 0.461. The molecule has 3 rings (SSSR count). The van der Waals surface area contributed by atoms with Gasteiger partial charge in [0.2, 0.25) is 11.8 Å². The molecule has 2 aromatic carbocycles. The second-order valence-electron chi connectivity index (χ2n) is 10.1. The van der Waals surface area contributed by atoms with Crippen molar-refractivity contribution < 1.29 is 9.59 Å². The van der Waals surface area contributed by atoms with Crippen LogP contribution in [0.25, 0.3) is 4.85 Å². The zero-order valence-corrected chi connectivity index (χ0v) is 23.0. The Bertz CT molecular complexity index is 1110. The Morgan fingerprint density at radius 2 is 1.86 bits per heavy atom. The summed E-state index contributed by atoms with van der Waals surface area (Å²) in [6.07, 6.45) is 3.69. The molecule has 0 aromatic heterocycles. The summed E-state index contributed by atoms with van der Waals surface area (Å²) in [6.45, 7) is 16.6. The number of likely N-dealkylation sites (N-methyl/N-ethyl adjacent to an activating group) is 1. The molecule has 0 aliphatic heterocycles. The first-order chi connectivity index (χ1) is 16.7. The molecule has 0 fully saturated rings. The minimum absolute atomic E-state index is 0. The lowest BCUT2D eigenvalue weighted by molar-refractivity contribution is -0.130. The van der Waals surface area contributed by atoms with Crippen LogP contribution < -0.4 is 10.2 Å². The van der Waals surface area contributed by atoms with Crippen LogP contribution in [-0.2, 0) is 22.4 Å². The third-order valence-electron chi connectivity index (χ3n) is 6.95. The lowest BCUT2D eigenvalue weighted by Gasteiger charge is -2.30. The van der Waals surface area contributed by atoms with Crippen LogP contribution in [0, 0.1) is 26.3 Å². The van der Waals surface area contributed by atoms with Crippen molar-refractivity contribution in [1.29, 1.82) is 0 Å². The summed E-state index contributed by atoms with van der Waals surface area (Å²) in [5, 5.41) is 3.00. The molecule has 1 N–H and O–H groups in total. The average Bonchev–Trinajstić information content (AvgIpc) is 3.27. The fraction of sp³-hybridized carbons (Fsp3) is 0.483. The van der Waals surface area contributed by atoms with Crippen molar-refractivity contribution in [3.63, 3.8) is 0 Å². The molecule has 0 saturated heterocycles. The van der Waals surface area contributed by atoms with Crippen LogP contribution in [-0.4, -0.2) is 49.4 Å². The van der Waals surface area contributed by atoms with E-state index in [1.165, 1.54) is 16.7 Å². The summed E-state index contributed by atoms with van der Waals surface area (Å²) < 4.78 is 0. The average molecular weight is 511 g/mol. The molecule has 0 heterocycles. The van der Waals surface area contributed by atoms with E-state index in [9.17, 15) is 9.59 Å².